The highest BCUT2D eigenvalue weighted by atomic mass is 79.9. The van der Waals surface area contributed by atoms with Crippen LogP contribution >= 0.6 is 38.9 Å². The van der Waals surface area contributed by atoms with E-state index in [2.05, 4.69) is 52.3 Å². The SMILES string of the molecule is Oc1ccc(-c2c3ccccc3c(Cl)c3sc4ccccc4c23)cc1Br. The summed E-state index contributed by atoms with van der Waals surface area (Å²) in [5, 5.41) is 15.3. The minimum atomic E-state index is 0.235. The number of hydrogen-bond acceptors (Lipinski definition) is 2. The first kappa shape index (κ1) is 16.1. The number of fused-ring (bicyclic) bond motifs is 4. The zero-order chi connectivity index (χ0) is 17.8. The molecule has 5 rings (SSSR count). The quantitative estimate of drug-likeness (QED) is 0.280. The third kappa shape index (κ3) is 2.28. The highest BCUT2D eigenvalue weighted by Gasteiger charge is 2.19. The molecule has 0 amide bonds. The van der Waals surface area contributed by atoms with Crippen LogP contribution in [-0.2, 0) is 0 Å². The summed E-state index contributed by atoms with van der Waals surface area (Å²) in [6.07, 6.45) is 0. The average molecular weight is 440 g/mol. The number of rotatable bonds is 1. The molecule has 0 saturated carbocycles. The van der Waals surface area contributed by atoms with Gasteiger partial charge in [-0.3, -0.25) is 0 Å². The van der Waals surface area contributed by atoms with E-state index in [-0.39, 0.29) is 5.75 Å². The third-order valence-electron chi connectivity index (χ3n) is 4.71. The Morgan fingerprint density at radius 2 is 1.54 bits per heavy atom. The van der Waals surface area contributed by atoms with Crippen molar-refractivity contribution in [1.29, 1.82) is 0 Å². The lowest BCUT2D eigenvalue weighted by atomic mass is 9.93. The number of aromatic hydroxyl groups is 1. The summed E-state index contributed by atoms with van der Waals surface area (Å²) in [6, 6.07) is 22.3. The Bertz CT molecular complexity index is 1320. The molecule has 126 valence electrons. The highest BCUT2D eigenvalue weighted by molar-refractivity contribution is 9.10. The molecule has 0 spiro atoms. The lowest BCUT2D eigenvalue weighted by molar-refractivity contribution is 0.472. The maximum atomic E-state index is 9.93. The van der Waals surface area contributed by atoms with Crippen molar-refractivity contribution in [2.24, 2.45) is 0 Å². The van der Waals surface area contributed by atoms with E-state index in [1.807, 2.05) is 24.3 Å². The van der Waals surface area contributed by atoms with Crippen molar-refractivity contribution in [3.63, 3.8) is 0 Å². The lowest BCUT2D eigenvalue weighted by Crippen LogP contribution is -1.85. The summed E-state index contributed by atoms with van der Waals surface area (Å²) in [5.74, 6) is 0.235. The van der Waals surface area contributed by atoms with Crippen LogP contribution in [0, 0.1) is 0 Å². The van der Waals surface area contributed by atoms with Gasteiger partial charge in [0.25, 0.3) is 0 Å². The molecule has 0 saturated heterocycles. The predicted molar refractivity (Wildman–Crippen MR) is 117 cm³/mol. The van der Waals surface area contributed by atoms with Crippen LogP contribution in [0.3, 0.4) is 0 Å². The number of thiophene rings is 1. The van der Waals surface area contributed by atoms with Gasteiger partial charge in [0, 0.05) is 20.9 Å². The second kappa shape index (κ2) is 5.98. The van der Waals surface area contributed by atoms with Gasteiger partial charge in [-0.15, -0.1) is 11.3 Å². The zero-order valence-electron chi connectivity index (χ0n) is 13.5. The normalized spacial score (nSPS) is 11.6. The molecule has 0 bridgehead atoms. The van der Waals surface area contributed by atoms with E-state index in [0.29, 0.717) is 4.47 Å². The minimum Gasteiger partial charge on any atom is -0.507 e. The van der Waals surface area contributed by atoms with Crippen molar-refractivity contribution in [2.45, 2.75) is 0 Å². The maximum absolute atomic E-state index is 9.93. The molecule has 0 aliphatic rings. The van der Waals surface area contributed by atoms with Gasteiger partial charge < -0.3 is 5.11 Å². The molecule has 1 N–H and O–H groups in total. The van der Waals surface area contributed by atoms with Crippen molar-refractivity contribution in [3.05, 3.63) is 76.2 Å². The molecule has 0 unspecified atom stereocenters. The summed E-state index contributed by atoms with van der Waals surface area (Å²) < 4.78 is 3.01. The van der Waals surface area contributed by atoms with Crippen molar-refractivity contribution in [3.8, 4) is 16.9 Å². The molecule has 1 heterocycles. The van der Waals surface area contributed by atoms with Crippen molar-refractivity contribution in [1.82, 2.24) is 0 Å². The maximum Gasteiger partial charge on any atom is 0.129 e. The third-order valence-corrected chi connectivity index (χ3v) is 7.04. The number of phenols is 1. The van der Waals surface area contributed by atoms with Gasteiger partial charge >= 0.3 is 0 Å². The van der Waals surface area contributed by atoms with Crippen LogP contribution in [0.2, 0.25) is 5.02 Å². The molecule has 0 atom stereocenters. The van der Waals surface area contributed by atoms with E-state index in [4.69, 9.17) is 11.6 Å². The Morgan fingerprint density at radius 3 is 2.31 bits per heavy atom. The van der Waals surface area contributed by atoms with E-state index in [9.17, 15) is 5.11 Å². The Hall–Kier alpha value is -2.07. The molecular weight excluding hydrogens is 428 g/mol. The van der Waals surface area contributed by atoms with Gasteiger partial charge in [-0.1, -0.05) is 60.1 Å². The zero-order valence-corrected chi connectivity index (χ0v) is 16.6. The smallest absolute Gasteiger partial charge is 0.129 e. The molecule has 4 aromatic carbocycles. The summed E-state index contributed by atoms with van der Waals surface area (Å²) in [6.45, 7) is 0. The molecule has 0 aliphatic heterocycles. The molecule has 4 heteroatoms. The summed E-state index contributed by atoms with van der Waals surface area (Å²) in [5.41, 5.74) is 2.20. The van der Waals surface area contributed by atoms with Gasteiger partial charge in [0.05, 0.1) is 14.2 Å². The summed E-state index contributed by atoms with van der Waals surface area (Å²) in [4.78, 5) is 0. The topological polar surface area (TPSA) is 20.2 Å². The van der Waals surface area contributed by atoms with E-state index >= 15 is 0 Å². The van der Waals surface area contributed by atoms with Crippen molar-refractivity contribution >= 4 is 69.8 Å². The second-order valence-corrected chi connectivity index (χ2v) is 8.49. The Balaban J connectivity index is 2.07. The first-order chi connectivity index (χ1) is 12.6. The van der Waals surface area contributed by atoms with Crippen LogP contribution in [-0.4, -0.2) is 5.11 Å². The molecule has 1 aromatic heterocycles. The van der Waals surface area contributed by atoms with E-state index in [1.54, 1.807) is 17.4 Å². The van der Waals surface area contributed by atoms with Crippen LogP contribution in [0.5, 0.6) is 5.75 Å². The van der Waals surface area contributed by atoms with Gasteiger partial charge in [0.2, 0.25) is 0 Å². The highest BCUT2D eigenvalue weighted by Crippen LogP contribution is 2.48. The average Bonchev–Trinajstić information content (AvgIpc) is 3.05. The van der Waals surface area contributed by atoms with E-state index in [1.165, 1.54) is 15.5 Å². The Kier molecular flexibility index (Phi) is 3.71. The molecular formula is C22H12BrClOS. The fourth-order valence-corrected chi connectivity index (χ4v) is 5.47. The van der Waals surface area contributed by atoms with Crippen LogP contribution < -0.4 is 0 Å². The van der Waals surface area contributed by atoms with Gasteiger partial charge in [-0.25, -0.2) is 0 Å². The van der Waals surface area contributed by atoms with Crippen molar-refractivity contribution < 1.29 is 5.11 Å². The fourth-order valence-electron chi connectivity index (χ4n) is 3.56. The largest absolute Gasteiger partial charge is 0.507 e. The van der Waals surface area contributed by atoms with Gasteiger partial charge in [0.15, 0.2) is 0 Å². The van der Waals surface area contributed by atoms with Crippen molar-refractivity contribution in [2.75, 3.05) is 0 Å². The molecule has 0 fully saturated rings. The first-order valence-corrected chi connectivity index (χ1v) is 10.1. The number of hydrogen-bond donors (Lipinski definition) is 1. The van der Waals surface area contributed by atoms with E-state index < -0.39 is 0 Å². The molecule has 26 heavy (non-hydrogen) atoms. The van der Waals surface area contributed by atoms with Gasteiger partial charge in [-0.05, 0) is 50.6 Å². The number of halogens is 2. The van der Waals surface area contributed by atoms with Crippen LogP contribution in [0.1, 0.15) is 0 Å². The minimum absolute atomic E-state index is 0.235. The van der Waals surface area contributed by atoms with E-state index in [0.717, 1.165) is 31.6 Å². The molecule has 1 nitrogen and oxygen atoms in total. The van der Waals surface area contributed by atoms with Gasteiger partial charge in [0.1, 0.15) is 5.75 Å². The number of phenolic OH excluding ortho intramolecular Hbond substituents is 1. The molecule has 0 aliphatic carbocycles. The lowest BCUT2D eigenvalue weighted by Gasteiger charge is -2.13. The Morgan fingerprint density at radius 1 is 0.846 bits per heavy atom. The first-order valence-electron chi connectivity index (χ1n) is 8.15. The molecule has 0 radical (unpaired) electrons. The summed E-state index contributed by atoms with van der Waals surface area (Å²) >= 11 is 12.0. The number of benzene rings is 4. The Labute approximate surface area is 167 Å². The second-order valence-electron chi connectivity index (χ2n) is 6.20. The van der Waals surface area contributed by atoms with Crippen LogP contribution in [0.15, 0.2) is 71.2 Å². The van der Waals surface area contributed by atoms with Gasteiger partial charge in [-0.2, -0.15) is 0 Å². The summed E-state index contributed by atoms with van der Waals surface area (Å²) in [7, 11) is 0. The van der Waals surface area contributed by atoms with Crippen LogP contribution in [0.4, 0.5) is 0 Å². The monoisotopic (exact) mass is 438 g/mol. The standard InChI is InChI=1S/C22H12BrClOS/c23-16-11-12(9-10-17(16)25)19-13-5-1-2-6-14(13)21(24)22-20(19)15-7-3-4-8-18(15)26-22/h1-11,25H. The van der Waals surface area contributed by atoms with Crippen LogP contribution in [0.25, 0.3) is 42.1 Å². The predicted octanol–water partition coefficient (Wildman–Crippen LogP) is 8.00. The fraction of sp³-hybridized carbons (Fsp3) is 0. The molecule has 5 aromatic rings.